The lowest BCUT2D eigenvalue weighted by atomic mass is 9.88. The van der Waals surface area contributed by atoms with Crippen LogP contribution in [-0.4, -0.2) is 40.8 Å². The third-order valence-corrected chi connectivity index (χ3v) is 6.68. The maximum absolute atomic E-state index is 6.49. The molecule has 7 heteroatoms. The van der Waals surface area contributed by atoms with Gasteiger partial charge in [0.1, 0.15) is 11.6 Å². The number of rotatable bonds is 6. The van der Waals surface area contributed by atoms with Crippen LogP contribution in [-0.2, 0) is 4.74 Å². The van der Waals surface area contributed by atoms with E-state index in [1.54, 1.807) is 6.20 Å². The molecule has 0 bridgehead atoms. The Balaban J connectivity index is 1.43. The van der Waals surface area contributed by atoms with Crippen molar-refractivity contribution in [3.63, 3.8) is 0 Å². The van der Waals surface area contributed by atoms with Gasteiger partial charge in [0.2, 0.25) is 0 Å². The second-order valence-corrected chi connectivity index (χ2v) is 9.97. The van der Waals surface area contributed by atoms with E-state index in [-0.39, 0.29) is 5.60 Å². The van der Waals surface area contributed by atoms with Gasteiger partial charge < -0.3 is 21.1 Å². The number of anilines is 2. The molecule has 4 rings (SSSR count). The van der Waals surface area contributed by atoms with E-state index in [4.69, 9.17) is 27.1 Å². The van der Waals surface area contributed by atoms with E-state index < -0.39 is 0 Å². The van der Waals surface area contributed by atoms with E-state index in [1.165, 1.54) is 0 Å². The number of hydrogen-bond acceptors (Lipinski definition) is 6. The molecule has 1 aliphatic carbocycles. The summed E-state index contributed by atoms with van der Waals surface area (Å²) in [6.07, 6.45) is 8.09. The van der Waals surface area contributed by atoms with E-state index >= 15 is 0 Å². The quantitative estimate of drug-likeness (QED) is 0.576. The van der Waals surface area contributed by atoms with E-state index in [2.05, 4.69) is 29.5 Å². The molecule has 0 amide bonds. The average Bonchev–Trinajstić information content (AvgIpc) is 2.75. The second kappa shape index (κ2) is 9.72. The minimum atomic E-state index is -0.0444. The predicted octanol–water partition coefficient (Wildman–Crippen LogP) is 5.10. The Labute approximate surface area is 190 Å². The first-order chi connectivity index (χ1) is 14.9. The van der Waals surface area contributed by atoms with Crippen molar-refractivity contribution in [1.82, 2.24) is 9.97 Å². The first kappa shape index (κ1) is 22.3. The molecule has 1 atom stereocenters. The Bertz CT molecular complexity index is 882. The van der Waals surface area contributed by atoms with Gasteiger partial charge >= 0.3 is 0 Å². The normalized spacial score (nSPS) is 25.7. The van der Waals surface area contributed by atoms with Gasteiger partial charge in [0.05, 0.1) is 16.3 Å². The first-order valence-electron chi connectivity index (χ1n) is 11.4. The summed E-state index contributed by atoms with van der Waals surface area (Å²) in [6, 6.07) is 8.76. The van der Waals surface area contributed by atoms with Crippen LogP contribution in [0.4, 0.5) is 11.6 Å². The third-order valence-electron chi connectivity index (χ3n) is 6.38. The van der Waals surface area contributed by atoms with Gasteiger partial charge in [-0.1, -0.05) is 17.7 Å². The van der Waals surface area contributed by atoms with Crippen molar-refractivity contribution in [2.24, 2.45) is 11.7 Å². The van der Waals surface area contributed by atoms with Crippen molar-refractivity contribution in [3.8, 4) is 11.3 Å². The summed E-state index contributed by atoms with van der Waals surface area (Å²) in [5.74, 6) is 2.29. The van der Waals surface area contributed by atoms with Gasteiger partial charge in [0.25, 0.3) is 0 Å². The van der Waals surface area contributed by atoms with Crippen molar-refractivity contribution in [3.05, 3.63) is 35.5 Å². The molecule has 4 N–H and O–H groups in total. The number of aromatic nitrogens is 2. The number of pyridine rings is 2. The molecule has 31 heavy (non-hydrogen) atoms. The van der Waals surface area contributed by atoms with Crippen molar-refractivity contribution < 1.29 is 4.74 Å². The second-order valence-electron chi connectivity index (χ2n) is 9.56. The summed E-state index contributed by atoms with van der Waals surface area (Å²) in [4.78, 5) is 9.31. The Kier molecular flexibility index (Phi) is 6.99. The molecule has 1 saturated carbocycles. The van der Waals surface area contributed by atoms with Crippen LogP contribution < -0.4 is 16.4 Å². The van der Waals surface area contributed by atoms with Crippen LogP contribution in [0.3, 0.4) is 0 Å². The van der Waals surface area contributed by atoms with Gasteiger partial charge in [0, 0.05) is 37.0 Å². The van der Waals surface area contributed by atoms with Crippen LogP contribution in [0.1, 0.15) is 52.4 Å². The summed E-state index contributed by atoms with van der Waals surface area (Å²) in [5, 5.41) is 7.67. The fourth-order valence-electron chi connectivity index (χ4n) is 4.65. The zero-order valence-electron chi connectivity index (χ0n) is 18.5. The molecule has 0 aromatic carbocycles. The molecular formula is C24H34ClN5O. The van der Waals surface area contributed by atoms with Crippen LogP contribution in [0.2, 0.25) is 5.02 Å². The van der Waals surface area contributed by atoms with Crippen molar-refractivity contribution in [2.75, 3.05) is 23.8 Å². The molecule has 6 nitrogen and oxygen atoms in total. The Morgan fingerprint density at radius 1 is 1.16 bits per heavy atom. The van der Waals surface area contributed by atoms with Gasteiger partial charge in [-0.15, -0.1) is 0 Å². The van der Waals surface area contributed by atoms with Crippen LogP contribution in [0.25, 0.3) is 11.3 Å². The largest absolute Gasteiger partial charge is 0.376 e. The highest BCUT2D eigenvalue weighted by Crippen LogP contribution is 2.31. The van der Waals surface area contributed by atoms with E-state index in [0.29, 0.717) is 23.0 Å². The molecular weight excluding hydrogens is 410 g/mol. The zero-order chi connectivity index (χ0) is 21.8. The van der Waals surface area contributed by atoms with Gasteiger partial charge in [-0.05, 0) is 76.5 Å². The standard InChI is InChI=1S/C24H34ClN5O/c1-24(2)13-16(10-11-31-24)14-27-22-5-3-4-21(30-22)19-12-23(28-15-20(19)25)29-18-8-6-17(26)7-9-18/h3-5,12,15-18H,6-11,13-14,26H2,1-2H3,(H,27,30)(H,28,29)/t16-,17?,18?/m0/s1. The van der Waals surface area contributed by atoms with Gasteiger partial charge in [-0.2, -0.15) is 0 Å². The number of nitrogens with two attached hydrogens (primary N) is 1. The van der Waals surface area contributed by atoms with Gasteiger partial charge in [-0.3, -0.25) is 0 Å². The third kappa shape index (κ3) is 6.09. The molecule has 1 aliphatic heterocycles. The lowest BCUT2D eigenvalue weighted by Gasteiger charge is -2.35. The van der Waals surface area contributed by atoms with Crippen LogP contribution in [0.15, 0.2) is 30.5 Å². The van der Waals surface area contributed by atoms with Crippen LogP contribution >= 0.6 is 11.6 Å². The Morgan fingerprint density at radius 3 is 2.74 bits per heavy atom. The van der Waals surface area contributed by atoms with Crippen molar-refractivity contribution >= 4 is 23.2 Å². The van der Waals surface area contributed by atoms with Crippen LogP contribution in [0.5, 0.6) is 0 Å². The lowest BCUT2D eigenvalue weighted by molar-refractivity contribution is -0.0699. The Morgan fingerprint density at radius 2 is 1.97 bits per heavy atom. The summed E-state index contributed by atoms with van der Waals surface area (Å²) >= 11 is 6.49. The molecule has 2 fully saturated rings. The fraction of sp³-hybridized carbons (Fsp3) is 0.583. The number of hydrogen-bond donors (Lipinski definition) is 3. The van der Waals surface area contributed by atoms with E-state index in [0.717, 1.165) is 74.6 Å². The summed E-state index contributed by atoms with van der Waals surface area (Å²) in [6.45, 7) is 6.04. The number of halogens is 1. The zero-order valence-corrected chi connectivity index (χ0v) is 19.3. The highest BCUT2D eigenvalue weighted by Gasteiger charge is 2.28. The summed E-state index contributed by atoms with van der Waals surface area (Å²) < 4.78 is 5.83. The topological polar surface area (TPSA) is 85.1 Å². The van der Waals surface area contributed by atoms with E-state index in [1.807, 2.05) is 24.3 Å². The predicted molar refractivity (Wildman–Crippen MR) is 128 cm³/mol. The minimum absolute atomic E-state index is 0.0444. The molecule has 2 aliphatic rings. The van der Waals surface area contributed by atoms with Crippen molar-refractivity contribution in [2.45, 2.75) is 70.1 Å². The molecule has 0 spiro atoms. The minimum Gasteiger partial charge on any atom is -0.376 e. The SMILES string of the molecule is CC1(C)C[C@@H](CNc2cccc(-c3cc(NC4CCC(N)CC4)ncc3Cl)n2)CCO1. The fourth-order valence-corrected chi connectivity index (χ4v) is 4.85. The molecule has 3 heterocycles. The molecule has 2 aromatic heterocycles. The monoisotopic (exact) mass is 443 g/mol. The molecule has 2 aromatic rings. The summed E-state index contributed by atoms with van der Waals surface area (Å²) in [5.41, 5.74) is 7.72. The Hall–Kier alpha value is -1.89. The smallest absolute Gasteiger partial charge is 0.126 e. The highest BCUT2D eigenvalue weighted by molar-refractivity contribution is 6.33. The number of nitrogens with one attached hydrogen (secondary N) is 2. The number of nitrogens with zero attached hydrogens (tertiary/aromatic N) is 2. The van der Waals surface area contributed by atoms with Crippen LogP contribution in [0, 0.1) is 5.92 Å². The first-order valence-corrected chi connectivity index (χ1v) is 11.8. The van der Waals surface area contributed by atoms with Gasteiger partial charge in [0.15, 0.2) is 0 Å². The molecule has 0 radical (unpaired) electrons. The molecule has 0 unspecified atom stereocenters. The lowest BCUT2D eigenvalue weighted by Crippen LogP contribution is -2.36. The maximum Gasteiger partial charge on any atom is 0.126 e. The van der Waals surface area contributed by atoms with E-state index in [9.17, 15) is 0 Å². The maximum atomic E-state index is 6.49. The highest BCUT2D eigenvalue weighted by atomic mass is 35.5. The molecule has 168 valence electrons. The molecule has 1 saturated heterocycles. The van der Waals surface area contributed by atoms with Crippen molar-refractivity contribution in [1.29, 1.82) is 0 Å². The van der Waals surface area contributed by atoms with Gasteiger partial charge in [-0.25, -0.2) is 9.97 Å². The number of ether oxygens (including phenoxy) is 1. The average molecular weight is 444 g/mol. The summed E-state index contributed by atoms with van der Waals surface area (Å²) in [7, 11) is 0.